The van der Waals surface area contributed by atoms with Crippen LogP contribution in [0.25, 0.3) is 10.9 Å². The first-order chi connectivity index (χ1) is 11.2. The number of benzene rings is 2. The molecule has 1 N–H and O–H groups in total. The smallest absolute Gasteiger partial charge is 0.178 e. The van der Waals surface area contributed by atoms with Crippen LogP contribution in [0.15, 0.2) is 48.7 Å². The van der Waals surface area contributed by atoms with Crippen molar-refractivity contribution in [1.29, 1.82) is 0 Å². The Labute approximate surface area is 135 Å². The molecular formula is C20H20N2O. The number of aromatic nitrogens is 1. The molecule has 2 aromatic carbocycles. The van der Waals surface area contributed by atoms with E-state index in [9.17, 15) is 4.79 Å². The van der Waals surface area contributed by atoms with Gasteiger partial charge in [0.15, 0.2) is 5.78 Å². The molecule has 0 saturated carbocycles. The number of nitrogens with zero attached hydrogens (tertiary/aromatic N) is 1. The summed E-state index contributed by atoms with van der Waals surface area (Å²) in [5.74, 6) is 0.196. The fourth-order valence-corrected chi connectivity index (χ4v) is 3.44. The Kier molecular flexibility index (Phi) is 3.50. The van der Waals surface area contributed by atoms with E-state index in [1.165, 1.54) is 16.7 Å². The molecule has 3 heteroatoms. The van der Waals surface area contributed by atoms with E-state index in [-0.39, 0.29) is 5.78 Å². The maximum atomic E-state index is 12.7. The predicted molar refractivity (Wildman–Crippen MR) is 92.8 cm³/mol. The number of fused-ring (bicyclic) bond motifs is 2. The van der Waals surface area contributed by atoms with Gasteiger partial charge in [-0.3, -0.25) is 9.69 Å². The molecule has 1 aliphatic rings. The first-order valence-electron chi connectivity index (χ1n) is 8.11. The number of carbonyl (C=O) groups excluding carboxylic acids is 1. The summed E-state index contributed by atoms with van der Waals surface area (Å²) >= 11 is 0. The lowest BCUT2D eigenvalue weighted by molar-refractivity contribution is 0.0923. The summed E-state index contributed by atoms with van der Waals surface area (Å²) in [6.45, 7) is 4.35. The molecule has 0 spiro atoms. The number of Topliss-reactive ketones (excluding diaryl/α,β-unsaturated/α-hetero) is 1. The molecule has 0 fully saturated rings. The number of hydrogen-bond donors (Lipinski definition) is 1. The van der Waals surface area contributed by atoms with E-state index in [1.54, 1.807) is 0 Å². The van der Waals surface area contributed by atoms with Gasteiger partial charge < -0.3 is 4.98 Å². The second-order valence-electron chi connectivity index (χ2n) is 6.40. The van der Waals surface area contributed by atoms with E-state index in [0.29, 0.717) is 6.54 Å². The highest BCUT2D eigenvalue weighted by Gasteiger charge is 2.20. The SMILES string of the molecule is Cc1ccc2[nH]cc(C(=O)CN3CCc4ccccc4C3)c2c1. The Bertz CT molecular complexity index is 878. The van der Waals surface area contributed by atoms with E-state index >= 15 is 0 Å². The Hall–Kier alpha value is -2.39. The van der Waals surface area contributed by atoms with Gasteiger partial charge in [0.1, 0.15) is 0 Å². The number of aryl methyl sites for hydroxylation is 1. The largest absolute Gasteiger partial charge is 0.360 e. The third-order valence-electron chi connectivity index (χ3n) is 4.71. The molecule has 0 aliphatic carbocycles. The van der Waals surface area contributed by atoms with Crippen LogP contribution in [0, 0.1) is 6.92 Å². The van der Waals surface area contributed by atoms with Crippen LogP contribution in [-0.4, -0.2) is 28.8 Å². The quantitative estimate of drug-likeness (QED) is 0.749. The van der Waals surface area contributed by atoms with E-state index in [1.807, 2.05) is 12.3 Å². The Morgan fingerprint density at radius 3 is 2.87 bits per heavy atom. The van der Waals surface area contributed by atoms with E-state index < -0.39 is 0 Å². The van der Waals surface area contributed by atoms with Crippen molar-refractivity contribution in [3.8, 4) is 0 Å². The molecule has 0 radical (unpaired) electrons. The van der Waals surface area contributed by atoms with Gasteiger partial charge in [0.2, 0.25) is 0 Å². The van der Waals surface area contributed by atoms with Crippen LogP contribution >= 0.6 is 0 Å². The minimum Gasteiger partial charge on any atom is -0.360 e. The fraction of sp³-hybridized carbons (Fsp3) is 0.250. The maximum Gasteiger partial charge on any atom is 0.178 e. The minimum absolute atomic E-state index is 0.196. The van der Waals surface area contributed by atoms with Crippen molar-refractivity contribution >= 4 is 16.7 Å². The van der Waals surface area contributed by atoms with Gasteiger partial charge in [0, 0.05) is 35.8 Å². The number of H-pyrrole nitrogens is 1. The summed E-state index contributed by atoms with van der Waals surface area (Å²) in [6, 6.07) is 14.7. The van der Waals surface area contributed by atoms with Gasteiger partial charge in [-0.2, -0.15) is 0 Å². The molecule has 1 aliphatic heterocycles. The monoisotopic (exact) mass is 304 g/mol. The molecule has 4 rings (SSSR count). The second kappa shape index (κ2) is 5.67. The van der Waals surface area contributed by atoms with Gasteiger partial charge in [-0.25, -0.2) is 0 Å². The van der Waals surface area contributed by atoms with Crippen LogP contribution in [0.1, 0.15) is 27.0 Å². The van der Waals surface area contributed by atoms with Gasteiger partial charge in [-0.15, -0.1) is 0 Å². The first-order valence-corrected chi connectivity index (χ1v) is 8.11. The molecule has 3 aromatic rings. The van der Waals surface area contributed by atoms with Crippen LogP contribution in [0.4, 0.5) is 0 Å². The normalized spacial score (nSPS) is 14.8. The van der Waals surface area contributed by atoms with Gasteiger partial charge in [-0.1, -0.05) is 35.9 Å². The molecule has 23 heavy (non-hydrogen) atoms. The van der Waals surface area contributed by atoms with Crippen molar-refractivity contribution in [2.75, 3.05) is 13.1 Å². The summed E-state index contributed by atoms with van der Waals surface area (Å²) in [4.78, 5) is 18.2. The van der Waals surface area contributed by atoms with Crippen molar-refractivity contribution in [2.45, 2.75) is 19.9 Å². The third-order valence-corrected chi connectivity index (χ3v) is 4.71. The molecule has 3 nitrogen and oxygen atoms in total. The molecule has 0 saturated heterocycles. The summed E-state index contributed by atoms with van der Waals surface area (Å²) in [5.41, 5.74) is 5.78. The second-order valence-corrected chi connectivity index (χ2v) is 6.40. The number of nitrogens with one attached hydrogen (secondary N) is 1. The van der Waals surface area contributed by atoms with Gasteiger partial charge in [0.25, 0.3) is 0 Å². The van der Waals surface area contributed by atoms with Crippen LogP contribution < -0.4 is 0 Å². The Balaban J connectivity index is 1.55. The molecule has 0 unspecified atom stereocenters. The number of aromatic amines is 1. The number of carbonyl (C=O) groups is 1. The number of ketones is 1. The lowest BCUT2D eigenvalue weighted by Gasteiger charge is -2.27. The zero-order valence-electron chi connectivity index (χ0n) is 13.3. The summed E-state index contributed by atoms with van der Waals surface area (Å²) < 4.78 is 0. The molecular weight excluding hydrogens is 284 g/mol. The van der Waals surface area contributed by atoms with E-state index in [2.05, 4.69) is 53.2 Å². The Morgan fingerprint density at radius 1 is 1.17 bits per heavy atom. The average molecular weight is 304 g/mol. The number of hydrogen-bond acceptors (Lipinski definition) is 2. The first kappa shape index (κ1) is 14.2. The summed E-state index contributed by atoms with van der Waals surface area (Å²) in [6.07, 6.45) is 2.88. The Morgan fingerprint density at radius 2 is 2.00 bits per heavy atom. The molecule has 2 heterocycles. The highest BCUT2D eigenvalue weighted by Crippen LogP contribution is 2.22. The standard InChI is InChI=1S/C20H20N2O/c1-14-6-7-19-17(10-14)18(11-21-19)20(23)13-22-9-8-15-4-2-3-5-16(15)12-22/h2-7,10-11,21H,8-9,12-13H2,1H3. The minimum atomic E-state index is 0.196. The fourth-order valence-electron chi connectivity index (χ4n) is 3.44. The summed E-state index contributed by atoms with van der Waals surface area (Å²) in [7, 11) is 0. The topological polar surface area (TPSA) is 36.1 Å². The van der Waals surface area contributed by atoms with Crippen LogP contribution in [-0.2, 0) is 13.0 Å². The van der Waals surface area contributed by atoms with Crippen molar-refractivity contribution < 1.29 is 4.79 Å². The van der Waals surface area contributed by atoms with E-state index in [0.717, 1.165) is 36.0 Å². The van der Waals surface area contributed by atoms with Gasteiger partial charge in [-0.05, 0) is 36.6 Å². The highest BCUT2D eigenvalue weighted by atomic mass is 16.1. The zero-order chi connectivity index (χ0) is 15.8. The van der Waals surface area contributed by atoms with Crippen molar-refractivity contribution in [3.63, 3.8) is 0 Å². The van der Waals surface area contributed by atoms with Gasteiger partial charge in [0.05, 0.1) is 6.54 Å². The van der Waals surface area contributed by atoms with Crippen LogP contribution in [0.3, 0.4) is 0 Å². The predicted octanol–water partition coefficient (Wildman–Crippen LogP) is 3.72. The molecule has 0 amide bonds. The van der Waals surface area contributed by atoms with Crippen LogP contribution in [0.5, 0.6) is 0 Å². The lowest BCUT2D eigenvalue weighted by Crippen LogP contribution is -2.34. The molecule has 116 valence electrons. The third kappa shape index (κ3) is 2.68. The van der Waals surface area contributed by atoms with Gasteiger partial charge >= 0.3 is 0 Å². The van der Waals surface area contributed by atoms with E-state index in [4.69, 9.17) is 0 Å². The maximum absolute atomic E-state index is 12.7. The lowest BCUT2D eigenvalue weighted by atomic mass is 9.99. The zero-order valence-corrected chi connectivity index (χ0v) is 13.3. The number of rotatable bonds is 3. The molecule has 0 atom stereocenters. The molecule has 1 aromatic heterocycles. The van der Waals surface area contributed by atoms with Crippen LogP contribution in [0.2, 0.25) is 0 Å². The summed E-state index contributed by atoms with van der Waals surface area (Å²) in [5, 5.41) is 1.03. The molecule has 0 bridgehead atoms. The van der Waals surface area contributed by atoms with Crippen molar-refractivity contribution in [3.05, 3.63) is 70.9 Å². The van der Waals surface area contributed by atoms with Crippen molar-refractivity contribution in [1.82, 2.24) is 9.88 Å². The average Bonchev–Trinajstić information content (AvgIpc) is 2.98. The van der Waals surface area contributed by atoms with Crippen molar-refractivity contribution in [2.24, 2.45) is 0 Å². The highest BCUT2D eigenvalue weighted by molar-refractivity contribution is 6.08.